The van der Waals surface area contributed by atoms with Crippen molar-refractivity contribution in [1.82, 2.24) is 10.6 Å². The number of carbonyl (C=O) groups excluding carboxylic acids is 3. The summed E-state index contributed by atoms with van der Waals surface area (Å²) < 4.78 is 0. The van der Waals surface area contributed by atoms with E-state index in [4.69, 9.17) is 5.73 Å². The molecule has 2 aromatic rings. The second kappa shape index (κ2) is 14.2. The SMILES string of the molecule is CC(C)CCNC(=O)CCCc1ccccc1N(C)C(=O)[C@@H](C)NC(=O)[C@@H](N)Cc1ccc(O)cc1. The van der Waals surface area contributed by atoms with Crippen LogP contribution in [-0.4, -0.2) is 48.5 Å². The van der Waals surface area contributed by atoms with Crippen molar-refractivity contribution in [3.8, 4) is 5.75 Å². The maximum Gasteiger partial charge on any atom is 0.249 e. The number of aromatic hydroxyl groups is 1. The number of rotatable bonds is 13. The third-order valence-electron chi connectivity index (χ3n) is 6.04. The van der Waals surface area contributed by atoms with Crippen molar-refractivity contribution in [2.45, 2.75) is 65.0 Å². The van der Waals surface area contributed by atoms with Gasteiger partial charge in [-0.25, -0.2) is 0 Å². The summed E-state index contributed by atoms with van der Waals surface area (Å²) in [4.78, 5) is 39.3. The van der Waals surface area contributed by atoms with E-state index in [9.17, 15) is 19.5 Å². The van der Waals surface area contributed by atoms with E-state index >= 15 is 0 Å². The van der Waals surface area contributed by atoms with Crippen LogP contribution in [0.4, 0.5) is 5.69 Å². The average Bonchev–Trinajstić information content (AvgIpc) is 2.84. The normalized spacial score (nSPS) is 12.6. The Kier molecular flexibility index (Phi) is 11.4. The molecule has 2 aromatic carbocycles. The number of nitrogens with two attached hydrogens (primary N) is 1. The van der Waals surface area contributed by atoms with Crippen molar-refractivity contribution in [2.24, 2.45) is 11.7 Å². The van der Waals surface area contributed by atoms with Gasteiger partial charge in [0.05, 0.1) is 6.04 Å². The lowest BCUT2D eigenvalue weighted by Gasteiger charge is -2.25. The first kappa shape index (κ1) is 28.8. The molecule has 8 nitrogen and oxygen atoms in total. The third kappa shape index (κ3) is 9.34. The van der Waals surface area contributed by atoms with Gasteiger partial charge in [-0.3, -0.25) is 14.4 Å². The molecule has 0 fully saturated rings. The van der Waals surface area contributed by atoms with E-state index in [0.29, 0.717) is 31.7 Å². The molecule has 0 aliphatic rings. The number of likely N-dealkylation sites (N-methyl/N-ethyl adjacent to an activating group) is 1. The lowest BCUT2D eigenvalue weighted by atomic mass is 10.0. The zero-order chi connectivity index (χ0) is 26.7. The van der Waals surface area contributed by atoms with Gasteiger partial charge in [0, 0.05) is 25.7 Å². The molecule has 0 bridgehead atoms. The van der Waals surface area contributed by atoms with Crippen LogP contribution in [0.1, 0.15) is 51.2 Å². The number of anilines is 1. The maximum absolute atomic E-state index is 13.1. The zero-order valence-electron chi connectivity index (χ0n) is 21.8. The summed E-state index contributed by atoms with van der Waals surface area (Å²) in [6, 6.07) is 12.5. The monoisotopic (exact) mass is 496 g/mol. The fourth-order valence-electron chi connectivity index (χ4n) is 3.85. The molecule has 2 rings (SSSR count). The zero-order valence-corrected chi connectivity index (χ0v) is 21.8. The first-order chi connectivity index (χ1) is 17.1. The molecule has 2 atom stereocenters. The molecule has 0 saturated heterocycles. The highest BCUT2D eigenvalue weighted by molar-refractivity contribution is 5.99. The molecule has 5 N–H and O–H groups in total. The number of phenolic OH excluding ortho intramolecular Hbond substituents is 1. The van der Waals surface area contributed by atoms with Crippen molar-refractivity contribution in [2.75, 3.05) is 18.5 Å². The van der Waals surface area contributed by atoms with Gasteiger partial charge in [-0.2, -0.15) is 0 Å². The first-order valence-electron chi connectivity index (χ1n) is 12.5. The Morgan fingerprint density at radius 3 is 2.36 bits per heavy atom. The Labute approximate surface area is 214 Å². The molecule has 0 aliphatic carbocycles. The highest BCUT2D eigenvalue weighted by Crippen LogP contribution is 2.22. The first-order valence-corrected chi connectivity index (χ1v) is 12.5. The number of nitrogens with zero attached hydrogens (tertiary/aromatic N) is 1. The number of aryl methyl sites for hydroxylation is 1. The predicted octanol–water partition coefficient (Wildman–Crippen LogP) is 2.91. The smallest absolute Gasteiger partial charge is 0.249 e. The van der Waals surface area contributed by atoms with Gasteiger partial charge in [-0.1, -0.05) is 44.2 Å². The summed E-state index contributed by atoms with van der Waals surface area (Å²) in [5.41, 5.74) is 8.56. The van der Waals surface area contributed by atoms with Crippen molar-refractivity contribution in [3.63, 3.8) is 0 Å². The molecule has 0 unspecified atom stereocenters. The van der Waals surface area contributed by atoms with Crippen molar-refractivity contribution >= 4 is 23.4 Å². The van der Waals surface area contributed by atoms with Crippen molar-refractivity contribution < 1.29 is 19.5 Å². The number of benzene rings is 2. The van der Waals surface area contributed by atoms with E-state index in [1.165, 1.54) is 17.0 Å². The molecule has 36 heavy (non-hydrogen) atoms. The molecule has 0 aliphatic heterocycles. The summed E-state index contributed by atoms with van der Waals surface area (Å²) in [7, 11) is 1.68. The van der Waals surface area contributed by atoms with Gasteiger partial charge in [0.15, 0.2) is 0 Å². The second-order valence-corrected chi connectivity index (χ2v) is 9.62. The predicted molar refractivity (Wildman–Crippen MR) is 143 cm³/mol. The number of hydrogen-bond acceptors (Lipinski definition) is 5. The largest absolute Gasteiger partial charge is 0.508 e. The standard InChI is InChI=1S/C28H40N4O4/c1-19(2)16-17-30-26(34)11-7-9-22-8-5-6-10-25(22)32(4)28(36)20(3)31-27(35)24(29)18-21-12-14-23(33)15-13-21/h5-6,8,10,12-15,19-20,24,33H,7,9,11,16-18,29H2,1-4H3,(H,30,34)(H,31,35)/t20-,24+/m1/s1. The van der Waals surface area contributed by atoms with E-state index in [0.717, 1.165) is 23.2 Å². The van der Waals surface area contributed by atoms with Gasteiger partial charge in [-0.15, -0.1) is 0 Å². The molecule has 0 aromatic heterocycles. The minimum absolute atomic E-state index is 0.0394. The molecule has 0 spiro atoms. The Bertz CT molecular complexity index is 1010. The van der Waals surface area contributed by atoms with E-state index in [1.54, 1.807) is 26.1 Å². The van der Waals surface area contributed by atoms with Crippen LogP contribution in [0.3, 0.4) is 0 Å². The van der Waals surface area contributed by atoms with E-state index in [2.05, 4.69) is 24.5 Å². The van der Waals surface area contributed by atoms with Crippen LogP contribution >= 0.6 is 0 Å². The lowest BCUT2D eigenvalue weighted by molar-refractivity contribution is -0.127. The van der Waals surface area contributed by atoms with Crippen LogP contribution in [-0.2, 0) is 27.2 Å². The topological polar surface area (TPSA) is 125 Å². The van der Waals surface area contributed by atoms with Gasteiger partial charge in [0.2, 0.25) is 17.7 Å². The van der Waals surface area contributed by atoms with Gasteiger partial charge in [0.25, 0.3) is 0 Å². The molecule has 3 amide bonds. The van der Waals surface area contributed by atoms with Crippen LogP contribution in [0.2, 0.25) is 0 Å². The highest BCUT2D eigenvalue weighted by Gasteiger charge is 2.24. The fourth-order valence-corrected chi connectivity index (χ4v) is 3.85. The Morgan fingerprint density at radius 2 is 1.69 bits per heavy atom. The van der Waals surface area contributed by atoms with Gasteiger partial charge in [-0.05, 0) is 67.9 Å². The summed E-state index contributed by atoms with van der Waals surface area (Å²) in [5, 5.41) is 15.1. The number of carbonyl (C=O) groups is 3. The minimum Gasteiger partial charge on any atom is -0.508 e. The Hall–Kier alpha value is -3.39. The Balaban J connectivity index is 1.90. The molecular weight excluding hydrogens is 456 g/mol. The van der Waals surface area contributed by atoms with E-state index in [1.807, 2.05) is 24.3 Å². The minimum atomic E-state index is -0.825. The van der Waals surface area contributed by atoms with Gasteiger partial charge < -0.3 is 26.4 Å². The summed E-state index contributed by atoms with van der Waals surface area (Å²) in [6.45, 7) is 6.57. The van der Waals surface area contributed by atoms with Crippen LogP contribution in [0, 0.1) is 5.92 Å². The van der Waals surface area contributed by atoms with Crippen LogP contribution in [0.15, 0.2) is 48.5 Å². The van der Waals surface area contributed by atoms with Crippen LogP contribution < -0.4 is 21.3 Å². The highest BCUT2D eigenvalue weighted by atomic mass is 16.3. The molecule has 8 heteroatoms. The number of phenols is 1. The van der Waals surface area contributed by atoms with E-state index < -0.39 is 18.0 Å². The molecule has 0 radical (unpaired) electrons. The summed E-state index contributed by atoms with van der Waals surface area (Å²) in [5.74, 6) is 0.0438. The van der Waals surface area contributed by atoms with Crippen LogP contribution in [0.25, 0.3) is 0 Å². The number of amides is 3. The molecule has 0 saturated carbocycles. The number of para-hydroxylation sites is 1. The van der Waals surface area contributed by atoms with Crippen molar-refractivity contribution in [3.05, 3.63) is 59.7 Å². The Morgan fingerprint density at radius 1 is 1.03 bits per heavy atom. The average molecular weight is 497 g/mol. The summed E-state index contributed by atoms with van der Waals surface area (Å²) >= 11 is 0. The van der Waals surface area contributed by atoms with Crippen LogP contribution in [0.5, 0.6) is 5.75 Å². The van der Waals surface area contributed by atoms with E-state index in [-0.39, 0.29) is 24.0 Å². The maximum atomic E-state index is 13.1. The van der Waals surface area contributed by atoms with Crippen molar-refractivity contribution in [1.29, 1.82) is 0 Å². The van der Waals surface area contributed by atoms with Gasteiger partial charge >= 0.3 is 0 Å². The quantitative estimate of drug-likeness (QED) is 0.339. The molecule has 196 valence electrons. The lowest BCUT2D eigenvalue weighted by Crippen LogP contribution is -2.51. The summed E-state index contributed by atoms with van der Waals surface area (Å²) in [6.07, 6.45) is 3.00. The second-order valence-electron chi connectivity index (χ2n) is 9.62. The molecular formula is C28H40N4O4. The fraction of sp³-hybridized carbons (Fsp3) is 0.464. The number of nitrogens with one attached hydrogen (secondary N) is 2. The number of hydrogen-bond donors (Lipinski definition) is 4. The molecule has 0 heterocycles. The van der Waals surface area contributed by atoms with Gasteiger partial charge in [0.1, 0.15) is 11.8 Å². The third-order valence-corrected chi connectivity index (χ3v) is 6.04.